The van der Waals surface area contributed by atoms with Crippen molar-refractivity contribution in [1.82, 2.24) is 16.0 Å². The highest BCUT2D eigenvalue weighted by Crippen LogP contribution is 2.46. The number of carbonyl (C=O) groups is 7. The fourth-order valence-corrected chi connectivity index (χ4v) is 17.1. The number of nitrogens with one attached hydrogen (secondary N) is 3. The summed E-state index contributed by atoms with van der Waals surface area (Å²) in [6.45, 7) is 2.15. The van der Waals surface area contributed by atoms with Crippen LogP contribution in [0.3, 0.4) is 0 Å². The molecule has 25 heteroatoms. The lowest BCUT2D eigenvalue weighted by Crippen LogP contribution is -2.40. The molecule has 1 rings (SSSR count). The van der Waals surface area contributed by atoms with E-state index in [0.717, 1.165) is 87.2 Å². The number of carboxylic acid groups (broad SMARTS) is 3. The van der Waals surface area contributed by atoms with Crippen LogP contribution in [-0.4, -0.2) is 149 Å². The minimum atomic E-state index is -1.08. The van der Waals surface area contributed by atoms with Crippen molar-refractivity contribution in [2.45, 2.75) is 158 Å². The largest absolute Gasteiger partial charge is 0.481 e. The predicted octanol–water partition coefficient (Wildman–Crippen LogP) is 7.91. The molecule has 2 amide bonds. The molecule has 1 aliphatic heterocycles. The maximum absolute atomic E-state index is 12.4. The first kappa shape index (κ1) is 68.5. The van der Waals surface area contributed by atoms with Crippen molar-refractivity contribution in [3.63, 3.8) is 0 Å². The fourth-order valence-electron chi connectivity index (χ4n) is 6.68. The lowest BCUT2D eigenvalue weighted by atomic mass is 9.94. The third-order valence-corrected chi connectivity index (χ3v) is 20.3. The van der Waals surface area contributed by atoms with Crippen LogP contribution < -0.4 is 21.8 Å². The highest BCUT2D eigenvalue weighted by Gasteiger charge is 2.24. The third-order valence-electron chi connectivity index (χ3n) is 10.4. The molecule has 0 saturated carbocycles. The van der Waals surface area contributed by atoms with E-state index >= 15 is 0 Å². The van der Waals surface area contributed by atoms with Gasteiger partial charge in [-0.2, -0.15) is 0 Å². The van der Waals surface area contributed by atoms with Gasteiger partial charge < -0.3 is 50.1 Å². The summed E-state index contributed by atoms with van der Waals surface area (Å²) in [5, 5.41) is 45.1. The smallest absolute Gasteiger partial charge is 0.320 e. The van der Waals surface area contributed by atoms with Crippen molar-refractivity contribution in [1.29, 1.82) is 0 Å². The van der Waals surface area contributed by atoms with E-state index in [1.54, 1.807) is 43.2 Å². The van der Waals surface area contributed by atoms with Crippen LogP contribution in [0.1, 0.15) is 148 Å². The van der Waals surface area contributed by atoms with E-state index < -0.39 is 29.9 Å². The van der Waals surface area contributed by atoms with Crippen molar-refractivity contribution >= 4 is 106 Å². The molecule has 70 heavy (non-hydrogen) atoms. The minimum Gasteiger partial charge on any atom is -0.481 e. The summed E-state index contributed by atoms with van der Waals surface area (Å²) >= 11 is 0. The standard InChI is InChI=1S/C45H79N3O14S6.H3NO/c49-37(17-12-9-7-5-3-1-2-4-6-8-10-14-20-42(53)54)31-36(43(55)56)21-22-40(51)47-24-26-60-28-29-61-32-38(50)18-16-25-59-27-30-62-33-41(52)46-23-15-11-13-19-39(44(57)58)48-45-67-65-34-63-64-35-66-68-45;1-2/h36,39,45,48H,1-35H2,(H,46,52)(H,47,51)(H,53,54)(H,55,56)(H,57,58);2H,1H2/t36-,39+;/m1./s1. The molecule has 0 aromatic heterocycles. The number of ether oxygens (including phenoxy) is 4. The summed E-state index contributed by atoms with van der Waals surface area (Å²) in [5.41, 5.74) is 0. The SMILES string of the molecule is NO.O=C(O)CCCCCCCCCCCCCCC(=O)C[C@@H](CCC(=O)NCCOCCOCC(=O)CCCOCCOCC(=O)NCCCCC[C@H](NC1SSCSSCSS1)C(=O)O)C(=O)O. The Balaban J connectivity index is 0.0000235. The Morgan fingerprint density at radius 2 is 1.00 bits per heavy atom. The molecule has 9 N–H and O–H groups in total. The maximum Gasteiger partial charge on any atom is 0.320 e. The van der Waals surface area contributed by atoms with Gasteiger partial charge >= 0.3 is 17.9 Å². The van der Waals surface area contributed by atoms with Crippen molar-refractivity contribution in [2.24, 2.45) is 11.8 Å². The molecular weight excluding hydrogens is 1030 g/mol. The molecule has 0 aromatic rings. The quantitative estimate of drug-likeness (QED) is 0.0163. The summed E-state index contributed by atoms with van der Waals surface area (Å²) in [7, 11) is 10.4. The van der Waals surface area contributed by atoms with Gasteiger partial charge in [-0.15, -0.1) is 0 Å². The van der Waals surface area contributed by atoms with Gasteiger partial charge in [-0.25, -0.2) is 5.90 Å². The molecule has 0 spiro atoms. The van der Waals surface area contributed by atoms with Crippen LogP contribution in [0.25, 0.3) is 0 Å². The zero-order valence-corrected chi connectivity index (χ0v) is 45.7. The number of Topliss-reactive ketones (excluding diaryl/α,β-unsaturated/α-hetero) is 2. The van der Waals surface area contributed by atoms with Gasteiger partial charge in [0.25, 0.3) is 0 Å². The number of rotatable bonds is 47. The van der Waals surface area contributed by atoms with E-state index in [1.165, 1.54) is 19.3 Å². The minimum absolute atomic E-state index is 0.00336. The van der Waals surface area contributed by atoms with E-state index in [9.17, 15) is 43.8 Å². The Morgan fingerprint density at radius 1 is 0.486 bits per heavy atom. The lowest BCUT2D eigenvalue weighted by molar-refractivity contribution is -0.144. The first-order valence-corrected chi connectivity index (χ1v) is 31.6. The summed E-state index contributed by atoms with van der Waals surface area (Å²) < 4.78 is 21.7. The molecule has 0 aromatic carbocycles. The lowest BCUT2D eigenvalue weighted by Gasteiger charge is -2.21. The third kappa shape index (κ3) is 46.3. The van der Waals surface area contributed by atoms with Crippen LogP contribution in [0.4, 0.5) is 0 Å². The van der Waals surface area contributed by atoms with Gasteiger partial charge in [0.05, 0.1) is 49.1 Å². The van der Waals surface area contributed by atoms with E-state index in [0.29, 0.717) is 38.8 Å². The molecule has 0 radical (unpaired) electrons. The summed E-state index contributed by atoms with van der Waals surface area (Å²) in [6, 6.07) is -0.609. The second kappa shape index (κ2) is 51.0. The van der Waals surface area contributed by atoms with Crippen LogP contribution in [0.5, 0.6) is 0 Å². The monoisotopic (exact) mass is 1110 g/mol. The van der Waals surface area contributed by atoms with E-state index in [4.69, 9.17) is 29.3 Å². The first-order valence-electron chi connectivity index (χ1n) is 24.4. The Labute approximate surface area is 438 Å². The molecule has 19 nitrogen and oxygen atoms in total. The predicted molar refractivity (Wildman–Crippen MR) is 284 cm³/mol. The summed E-state index contributed by atoms with van der Waals surface area (Å²) in [4.78, 5) is 82.9. The van der Waals surface area contributed by atoms with Crippen molar-refractivity contribution < 1.29 is 73.0 Å². The number of ketones is 2. The zero-order valence-electron chi connectivity index (χ0n) is 40.8. The molecule has 1 aliphatic rings. The second-order valence-corrected chi connectivity index (χ2v) is 24.7. The molecule has 1 heterocycles. The van der Waals surface area contributed by atoms with Gasteiger partial charge in [-0.3, -0.25) is 38.9 Å². The van der Waals surface area contributed by atoms with Gasteiger partial charge in [0.2, 0.25) is 11.8 Å². The summed E-state index contributed by atoms with van der Waals surface area (Å²) in [5.74, 6) is -0.737. The molecule has 0 bridgehead atoms. The maximum atomic E-state index is 12.4. The number of amides is 2. The van der Waals surface area contributed by atoms with Crippen molar-refractivity contribution in [3.05, 3.63) is 0 Å². The molecule has 0 aliphatic carbocycles. The molecule has 2 atom stereocenters. The number of carboxylic acids is 3. The Hall–Kier alpha value is -1.49. The Kier molecular flexibility index (Phi) is 49.9. The van der Waals surface area contributed by atoms with Crippen LogP contribution in [0.15, 0.2) is 0 Å². The van der Waals surface area contributed by atoms with Crippen molar-refractivity contribution in [3.8, 4) is 0 Å². The Morgan fingerprint density at radius 3 is 1.59 bits per heavy atom. The van der Waals surface area contributed by atoms with Gasteiger partial charge in [0.15, 0.2) is 5.78 Å². The molecular formula is C45H82N4O15S6. The number of aliphatic carboxylic acids is 3. The normalized spacial score (nSPS) is 14.0. The zero-order chi connectivity index (χ0) is 51.7. The van der Waals surface area contributed by atoms with Gasteiger partial charge in [0.1, 0.15) is 29.7 Å². The van der Waals surface area contributed by atoms with E-state index in [2.05, 4.69) is 21.8 Å². The molecule has 408 valence electrons. The number of nitrogens with two attached hydrogens (primary N) is 1. The van der Waals surface area contributed by atoms with Crippen LogP contribution in [0, 0.1) is 5.92 Å². The van der Waals surface area contributed by atoms with Gasteiger partial charge in [0, 0.05) is 51.8 Å². The van der Waals surface area contributed by atoms with Crippen LogP contribution >= 0.6 is 64.8 Å². The average Bonchev–Trinajstić information content (AvgIpc) is 3.47. The highest BCUT2D eigenvalue weighted by molar-refractivity contribution is 8.92. The number of carbonyl (C=O) groups excluding carboxylic acids is 4. The molecule has 1 saturated heterocycles. The van der Waals surface area contributed by atoms with E-state index in [1.807, 2.05) is 21.6 Å². The number of hydrogen-bond acceptors (Lipinski definition) is 20. The summed E-state index contributed by atoms with van der Waals surface area (Å²) in [6.07, 6.45) is 16.8. The number of hydrogen-bond donors (Lipinski definition) is 8. The number of unbranched alkanes of at least 4 members (excludes halogenated alkanes) is 13. The van der Waals surface area contributed by atoms with Crippen molar-refractivity contribution in [2.75, 3.05) is 76.1 Å². The Bertz CT molecular complexity index is 1370. The topological polar surface area (TPSA) is 299 Å². The van der Waals surface area contributed by atoms with Crippen LogP contribution in [-0.2, 0) is 52.5 Å². The fraction of sp³-hybridized carbons (Fsp3) is 0.844. The van der Waals surface area contributed by atoms with Crippen LogP contribution in [0.2, 0.25) is 0 Å². The van der Waals surface area contributed by atoms with Gasteiger partial charge in [-0.1, -0.05) is 142 Å². The first-order chi connectivity index (χ1) is 34.0. The highest BCUT2D eigenvalue weighted by atomic mass is 33.2. The second-order valence-electron chi connectivity index (χ2n) is 16.3. The molecule has 1 fully saturated rings. The van der Waals surface area contributed by atoms with E-state index in [-0.39, 0.29) is 107 Å². The van der Waals surface area contributed by atoms with Gasteiger partial charge in [-0.05, 0) is 38.5 Å². The average molecular weight is 1110 g/mol. The molecule has 0 unspecified atom stereocenters.